The number of carbonyl (C=O) groups is 2. The van der Waals surface area contributed by atoms with E-state index in [-0.39, 0.29) is 23.5 Å². The van der Waals surface area contributed by atoms with Crippen molar-refractivity contribution in [1.82, 2.24) is 0 Å². The Labute approximate surface area is 188 Å². The van der Waals surface area contributed by atoms with Crippen LogP contribution in [0.4, 0.5) is 11.4 Å². The number of hydrogen-bond donors (Lipinski definition) is 1. The predicted molar refractivity (Wildman–Crippen MR) is 123 cm³/mol. The van der Waals surface area contributed by atoms with Crippen LogP contribution in [0.25, 0.3) is 0 Å². The molecule has 0 fully saturated rings. The number of rotatable bonds is 4. The van der Waals surface area contributed by atoms with E-state index in [4.69, 9.17) is 0 Å². The van der Waals surface area contributed by atoms with Gasteiger partial charge in [0.1, 0.15) is 6.54 Å². The van der Waals surface area contributed by atoms with E-state index in [1.54, 1.807) is 72.8 Å². The van der Waals surface area contributed by atoms with Gasteiger partial charge in [-0.05, 0) is 42.0 Å². The summed E-state index contributed by atoms with van der Waals surface area (Å²) in [7, 11) is -3.84. The second-order valence-electron chi connectivity index (χ2n) is 7.15. The summed E-state index contributed by atoms with van der Waals surface area (Å²) in [5.41, 5.74) is 1.35. The molecular formula is C23H19BrN2O4S. The molecule has 0 radical (unpaired) electrons. The molecule has 1 aliphatic heterocycles. The zero-order chi connectivity index (χ0) is 22.0. The standard InChI is InChI=1S/C23H19BrN2O4S/c24-17-10-12-18(13-11-17)25-22(27)15-26-19-8-4-5-9-20(19)31(29,30)21(14-23(26)28)16-6-2-1-3-7-16/h1-13,21H,14-15H2,(H,25,27)/t21-/m1/s1. The van der Waals surface area contributed by atoms with Crippen molar-refractivity contribution in [2.75, 3.05) is 16.8 Å². The Kier molecular flexibility index (Phi) is 5.93. The number of sulfone groups is 1. The molecule has 0 unspecified atom stereocenters. The van der Waals surface area contributed by atoms with Gasteiger partial charge in [0, 0.05) is 16.6 Å². The van der Waals surface area contributed by atoms with Crippen LogP contribution in [0.1, 0.15) is 17.2 Å². The van der Waals surface area contributed by atoms with Gasteiger partial charge >= 0.3 is 0 Å². The Morgan fingerprint density at radius 3 is 2.32 bits per heavy atom. The van der Waals surface area contributed by atoms with Gasteiger partial charge in [0.05, 0.1) is 15.8 Å². The molecule has 2 amide bonds. The number of nitrogens with zero attached hydrogens (tertiary/aromatic N) is 1. The molecule has 158 valence electrons. The lowest BCUT2D eigenvalue weighted by Crippen LogP contribution is -2.38. The van der Waals surface area contributed by atoms with Crippen molar-refractivity contribution in [3.8, 4) is 0 Å². The summed E-state index contributed by atoms with van der Waals surface area (Å²) in [6.45, 7) is -0.289. The van der Waals surface area contributed by atoms with Crippen molar-refractivity contribution in [2.24, 2.45) is 0 Å². The summed E-state index contributed by atoms with van der Waals surface area (Å²) in [6.07, 6.45) is -0.243. The van der Waals surface area contributed by atoms with Crippen LogP contribution in [0.15, 0.2) is 88.2 Å². The smallest absolute Gasteiger partial charge is 0.244 e. The monoisotopic (exact) mass is 498 g/mol. The van der Waals surface area contributed by atoms with Crippen LogP contribution in [0, 0.1) is 0 Å². The summed E-state index contributed by atoms with van der Waals surface area (Å²) in [5.74, 6) is -0.839. The molecule has 31 heavy (non-hydrogen) atoms. The number of carbonyl (C=O) groups excluding carboxylic acids is 2. The van der Waals surface area contributed by atoms with Gasteiger partial charge in [0.2, 0.25) is 11.8 Å². The molecule has 6 nitrogen and oxygen atoms in total. The molecule has 8 heteroatoms. The molecule has 1 aliphatic rings. The highest BCUT2D eigenvalue weighted by Gasteiger charge is 2.39. The first-order chi connectivity index (χ1) is 14.9. The molecule has 3 aromatic carbocycles. The highest BCUT2D eigenvalue weighted by Crippen LogP contribution is 2.40. The van der Waals surface area contributed by atoms with E-state index in [9.17, 15) is 18.0 Å². The first-order valence-corrected chi connectivity index (χ1v) is 11.9. The molecule has 1 atom stereocenters. The predicted octanol–water partition coefficient (Wildman–Crippen LogP) is 4.34. The molecule has 0 bridgehead atoms. The van der Waals surface area contributed by atoms with Crippen LogP contribution in [0.3, 0.4) is 0 Å². The molecule has 3 aromatic rings. The molecule has 0 saturated heterocycles. The zero-order valence-electron chi connectivity index (χ0n) is 16.4. The first-order valence-electron chi connectivity index (χ1n) is 9.60. The van der Waals surface area contributed by atoms with Crippen LogP contribution >= 0.6 is 15.9 Å². The Morgan fingerprint density at radius 2 is 1.61 bits per heavy atom. The van der Waals surface area contributed by atoms with E-state index in [0.29, 0.717) is 11.3 Å². The maximum atomic E-state index is 13.4. The van der Waals surface area contributed by atoms with Crippen molar-refractivity contribution in [3.05, 3.63) is 88.9 Å². The average Bonchev–Trinajstić information content (AvgIpc) is 2.85. The molecule has 1 N–H and O–H groups in total. The minimum Gasteiger partial charge on any atom is -0.325 e. The van der Waals surface area contributed by atoms with E-state index >= 15 is 0 Å². The number of benzene rings is 3. The normalized spacial score (nSPS) is 17.5. The van der Waals surface area contributed by atoms with E-state index < -0.39 is 26.9 Å². The summed E-state index contributed by atoms with van der Waals surface area (Å²) in [5, 5.41) is 1.74. The van der Waals surface area contributed by atoms with Gasteiger partial charge in [0.25, 0.3) is 0 Å². The summed E-state index contributed by atoms with van der Waals surface area (Å²) >= 11 is 3.34. The van der Waals surface area contributed by atoms with E-state index in [1.807, 2.05) is 0 Å². The van der Waals surface area contributed by atoms with Gasteiger partial charge in [-0.2, -0.15) is 0 Å². The Bertz CT molecular complexity index is 1230. The molecular weight excluding hydrogens is 480 g/mol. The molecule has 0 spiro atoms. The average molecular weight is 499 g/mol. The van der Waals surface area contributed by atoms with Gasteiger partial charge in [-0.1, -0.05) is 58.4 Å². The molecule has 0 aromatic heterocycles. The van der Waals surface area contributed by atoms with Gasteiger partial charge < -0.3 is 10.2 Å². The third kappa shape index (κ3) is 4.40. The van der Waals surface area contributed by atoms with Crippen LogP contribution in [-0.4, -0.2) is 26.8 Å². The summed E-state index contributed by atoms with van der Waals surface area (Å²) in [6, 6.07) is 22.1. The van der Waals surface area contributed by atoms with E-state index in [1.165, 1.54) is 11.0 Å². The maximum Gasteiger partial charge on any atom is 0.244 e. The summed E-state index contributed by atoms with van der Waals surface area (Å²) in [4.78, 5) is 27.1. The second kappa shape index (κ2) is 8.64. The second-order valence-corrected chi connectivity index (χ2v) is 10.2. The topological polar surface area (TPSA) is 83.6 Å². The van der Waals surface area contributed by atoms with Crippen molar-refractivity contribution in [2.45, 2.75) is 16.6 Å². The van der Waals surface area contributed by atoms with Crippen molar-refractivity contribution >= 4 is 49.0 Å². The molecule has 0 saturated carbocycles. The van der Waals surface area contributed by atoms with Crippen LogP contribution in [0.5, 0.6) is 0 Å². The fourth-order valence-electron chi connectivity index (χ4n) is 3.60. The quantitative estimate of drug-likeness (QED) is 0.579. The zero-order valence-corrected chi connectivity index (χ0v) is 18.8. The third-order valence-electron chi connectivity index (χ3n) is 5.10. The Morgan fingerprint density at radius 1 is 0.968 bits per heavy atom. The SMILES string of the molecule is O=C(CN1C(=O)C[C@H](c2ccccc2)S(=O)(=O)c2ccccc21)Nc1ccc(Br)cc1. The summed E-state index contributed by atoms with van der Waals surface area (Å²) < 4.78 is 27.8. The number of para-hydroxylation sites is 1. The number of hydrogen-bond acceptors (Lipinski definition) is 4. The molecule has 0 aliphatic carbocycles. The third-order valence-corrected chi connectivity index (χ3v) is 7.77. The fourth-order valence-corrected chi connectivity index (χ4v) is 5.79. The molecule has 1 heterocycles. The van der Waals surface area contributed by atoms with Crippen molar-refractivity contribution < 1.29 is 18.0 Å². The first kappa shape index (κ1) is 21.3. The maximum absolute atomic E-state index is 13.4. The van der Waals surface area contributed by atoms with Gasteiger partial charge in [0.15, 0.2) is 9.84 Å². The minimum atomic E-state index is -3.84. The number of anilines is 2. The van der Waals surface area contributed by atoms with Crippen molar-refractivity contribution in [3.63, 3.8) is 0 Å². The highest BCUT2D eigenvalue weighted by atomic mass is 79.9. The van der Waals surface area contributed by atoms with Gasteiger partial charge in [-0.25, -0.2) is 8.42 Å². The van der Waals surface area contributed by atoms with Crippen LogP contribution in [-0.2, 0) is 19.4 Å². The van der Waals surface area contributed by atoms with Crippen LogP contribution in [0.2, 0.25) is 0 Å². The van der Waals surface area contributed by atoms with Crippen LogP contribution < -0.4 is 10.2 Å². The lowest BCUT2D eigenvalue weighted by molar-refractivity contribution is -0.121. The van der Waals surface area contributed by atoms with E-state index in [0.717, 1.165) is 4.47 Å². The highest BCUT2D eigenvalue weighted by molar-refractivity contribution is 9.10. The Balaban J connectivity index is 1.68. The lowest BCUT2D eigenvalue weighted by atomic mass is 10.1. The fraction of sp³-hybridized carbons (Fsp3) is 0.130. The lowest BCUT2D eigenvalue weighted by Gasteiger charge is -2.21. The minimum absolute atomic E-state index is 0.0474. The number of nitrogens with one attached hydrogen (secondary N) is 1. The number of fused-ring (bicyclic) bond motifs is 1. The number of halogens is 1. The van der Waals surface area contributed by atoms with Gasteiger partial charge in [-0.15, -0.1) is 0 Å². The van der Waals surface area contributed by atoms with E-state index in [2.05, 4.69) is 21.2 Å². The van der Waals surface area contributed by atoms with Gasteiger partial charge in [-0.3, -0.25) is 9.59 Å². The number of amides is 2. The largest absolute Gasteiger partial charge is 0.325 e. The Hall–Kier alpha value is -2.97. The van der Waals surface area contributed by atoms with Crippen molar-refractivity contribution in [1.29, 1.82) is 0 Å². The molecule has 4 rings (SSSR count).